The van der Waals surface area contributed by atoms with Crippen LogP contribution in [0.3, 0.4) is 0 Å². The first-order valence-electron chi connectivity index (χ1n) is 6.34. The molecule has 1 fully saturated rings. The Morgan fingerprint density at radius 2 is 2.22 bits per heavy atom. The molecule has 18 heavy (non-hydrogen) atoms. The Morgan fingerprint density at radius 3 is 2.89 bits per heavy atom. The van der Waals surface area contributed by atoms with E-state index in [-0.39, 0.29) is 16.0 Å². The quantitative estimate of drug-likeness (QED) is 0.835. The molecule has 2 rings (SSSR count). The predicted octanol–water partition coefficient (Wildman–Crippen LogP) is 4.37. The molecule has 0 radical (unpaired) electrons. The lowest BCUT2D eigenvalue weighted by atomic mass is 10.1. The van der Waals surface area contributed by atoms with Crippen LogP contribution in [0.1, 0.15) is 36.6 Å². The van der Waals surface area contributed by atoms with Gasteiger partial charge in [0.2, 0.25) is 5.91 Å². The Hall–Kier alpha value is -0.480. The van der Waals surface area contributed by atoms with Crippen molar-refractivity contribution < 1.29 is 4.79 Å². The molecule has 98 valence electrons. The fourth-order valence-electron chi connectivity index (χ4n) is 2.12. The zero-order valence-electron chi connectivity index (χ0n) is 10.5. The van der Waals surface area contributed by atoms with Crippen molar-refractivity contribution in [2.75, 3.05) is 11.1 Å². The first-order valence-corrected chi connectivity index (χ1v) is 8.30. The standard InChI is InChI=1S/C14H18BrNOS/c1-10(15)11-6-2-3-7-12(11)16-14(17)13-8-4-5-9-18-13/h2-3,6-7,10,13H,4-5,8-9H2,1H3,(H,16,17). The van der Waals surface area contributed by atoms with Crippen LogP contribution in [0.5, 0.6) is 0 Å². The minimum absolute atomic E-state index is 0.123. The molecular weight excluding hydrogens is 310 g/mol. The summed E-state index contributed by atoms with van der Waals surface area (Å²) < 4.78 is 0. The van der Waals surface area contributed by atoms with Gasteiger partial charge in [0, 0.05) is 10.5 Å². The summed E-state index contributed by atoms with van der Waals surface area (Å²) in [6.45, 7) is 2.07. The van der Waals surface area contributed by atoms with Crippen LogP contribution in [0.15, 0.2) is 24.3 Å². The maximum absolute atomic E-state index is 12.2. The molecule has 1 aliphatic rings. The van der Waals surface area contributed by atoms with E-state index in [4.69, 9.17) is 0 Å². The lowest BCUT2D eigenvalue weighted by Gasteiger charge is -2.21. The van der Waals surface area contributed by atoms with Crippen molar-refractivity contribution >= 4 is 39.3 Å². The average molecular weight is 328 g/mol. The summed E-state index contributed by atoms with van der Waals surface area (Å²) in [7, 11) is 0. The van der Waals surface area contributed by atoms with Crippen LogP contribution in [0, 0.1) is 0 Å². The summed E-state index contributed by atoms with van der Waals surface area (Å²) in [5, 5.41) is 3.19. The van der Waals surface area contributed by atoms with Gasteiger partial charge in [-0.1, -0.05) is 40.5 Å². The number of benzene rings is 1. The number of alkyl halides is 1. The highest BCUT2D eigenvalue weighted by atomic mass is 79.9. The highest BCUT2D eigenvalue weighted by Crippen LogP contribution is 2.30. The maximum atomic E-state index is 12.2. The third-order valence-electron chi connectivity index (χ3n) is 3.12. The summed E-state index contributed by atoms with van der Waals surface area (Å²) in [5.41, 5.74) is 2.06. The van der Waals surface area contributed by atoms with Crippen LogP contribution >= 0.6 is 27.7 Å². The first kappa shape index (κ1) is 13.9. The van der Waals surface area contributed by atoms with Crippen LogP contribution in [-0.2, 0) is 4.79 Å². The van der Waals surface area contributed by atoms with Crippen molar-refractivity contribution in [3.05, 3.63) is 29.8 Å². The molecule has 1 aliphatic heterocycles. The van der Waals surface area contributed by atoms with E-state index < -0.39 is 0 Å². The molecule has 2 atom stereocenters. The second kappa shape index (κ2) is 6.62. The highest BCUT2D eigenvalue weighted by molar-refractivity contribution is 9.09. The van der Waals surface area contributed by atoms with E-state index in [9.17, 15) is 4.79 Å². The topological polar surface area (TPSA) is 29.1 Å². The van der Waals surface area contributed by atoms with E-state index in [1.807, 2.05) is 24.3 Å². The lowest BCUT2D eigenvalue weighted by Crippen LogP contribution is -2.27. The Morgan fingerprint density at radius 1 is 1.44 bits per heavy atom. The monoisotopic (exact) mass is 327 g/mol. The molecule has 1 N–H and O–H groups in total. The van der Waals surface area contributed by atoms with E-state index in [1.165, 1.54) is 12.8 Å². The third-order valence-corrected chi connectivity index (χ3v) is 4.99. The fraction of sp³-hybridized carbons (Fsp3) is 0.500. The first-order chi connectivity index (χ1) is 8.68. The predicted molar refractivity (Wildman–Crippen MR) is 82.5 cm³/mol. The van der Waals surface area contributed by atoms with Gasteiger partial charge in [-0.3, -0.25) is 4.79 Å². The largest absolute Gasteiger partial charge is 0.325 e. The second-order valence-corrected chi connectivity index (χ2v) is 7.23. The summed E-state index contributed by atoms with van der Waals surface area (Å²) in [6, 6.07) is 7.97. The van der Waals surface area contributed by atoms with Crippen LogP contribution in [0.2, 0.25) is 0 Å². The summed E-state index contributed by atoms with van der Waals surface area (Å²) in [5.74, 6) is 1.26. The molecule has 1 aromatic carbocycles. The molecule has 1 aromatic rings. The van der Waals surface area contributed by atoms with Gasteiger partial charge in [-0.05, 0) is 37.1 Å². The normalized spacial score (nSPS) is 21.3. The second-order valence-electron chi connectivity index (χ2n) is 4.55. The number of thioether (sulfide) groups is 1. The molecule has 2 unspecified atom stereocenters. The maximum Gasteiger partial charge on any atom is 0.237 e. The molecule has 1 saturated heterocycles. The van der Waals surface area contributed by atoms with Gasteiger partial charge in [0.05, 0.1) is 5.25 Å². The van der Waals surface area contributed by atoms with E-state index in [0.717, 1.165) is 23.4 Å². The average Bonchev–Trinajstić information content (AvgIpc) is 2.40. The van der Waals surface area contributed by atoms with Crippen molar-refractivity contribution in [2.45, 2.75) is 36.3 Å². The Labute approximate surface area is 121 Å². The Balaban J connectivity index is 2.06. The van der Waals surface area contributed by atoms with E-state index in [1.54, 1.807) is 11.8 Å². The van der Waals surface area contributed by atoms with Gasteiger partial charge in [-0.15, -0.1) is 11.8 Å². The third kappa shape index (κ3) is 3.51. The van der Waals surface area contributed by atoms with Crippen molar-refractivity contribution in [1.82, 2.24) is 0 Å². The number of anilines is 1. The molecule has 0 bridgehead atoms. The van der Waals surface area contributed by atoms with Gasteiger partial charge >= 0.3 is 0 Å². The number of hydrogen-bond acceptors (Lipinski definition) is 2. The lowest BCUT2D eigenvalue weighted by molar-refractivity contribution is -0.115. The molecule has 0 saturated carbocycles. The minimum Gasteiger partial charge on any atom is -0.325 e. The zero-order chi connectivity index (χ0) is 13.0. The van der Waals surface area contributed by atoms with E-state index >= 15 is 0 Å². The number of halogens is 1. The Kier molecular flexibility index (Phi) is 5.13. The summed E-state index contributed by atoms with van der Waals surface area (Å²) in [4.78, 5) is 12.4. The molecule has 0 aromatic heterocycles. The molecule has 1 heterocycles. The molecule has 0 spiro atoms. The number of hydrogen-bond donors (Lipinski definition) is 1. The van der Waals surface area contributed by atoms with Crippen molar-refractivity contribution in [3.8, 4) is 0 Å². The molecule has 2 nitrogen and oxygen atoms in total. The van der Waals surface area contributed by atoms with Gasteiger partial charge in [0.15, 0.2) is 0 Å². The fourth-order valence-corrected chi connectivity index (χ4v) is 3.72. The van der Waals surface area contributed by atoms with Gasteiger partial charge in [-0.2, -0.15) is 0 Å². The molecule has 0 aliphatic carbocycles. The number of para-hydroxylation sites is 1. The number of carbonyl (C=O) groups is 1. The zero-order valence-corrected chi connectivity index (χ0v) is 12.9. The van der Waals surface area contributed by atoms with Crippen molar-refractivity contribution in [2.24, 2.45) is 0 Å². The van der Waals surface area contributed by atoms with Crippen molar-refractivity contribution in [1.29, 1.82) is 0 Å². The summed E-state index contributed by atoms with van der Waals surface area (Å²) in [6.07, 6.45) is 3.41. The smallest absolute Gasteiger partial charge is 0.237 e. The SMILES string of the molecule is CC(Br)c1ccccc1NC(=O)C1CCCCS1. The van der Waals surface area contributed by atoms with Crippen LogP contribution in [0.4, 0.5) is 5.69 Å². The molecular formula is C14H18BrNOS. The van der Waals surface area contributed by atoms with Crippen LogP contribution < -0.4 is 5.32 Å². The minimum atomic E-state index is 0.123. The van der Waals surface area contributed by atoms with Gasteiger partial charge in [0.25, 0.3) is 0 Å². The number of amides is 1. The van der Waals surface area contributed by atoms with E-state index in [0.29, 0.717) is 0 Å². The molecule has 1 amide bonds. The Bertz CT molecular complexity index is 416. The van der Waals surface area contributed by atoms with Gasteiger partial charge in [-0.25, -0.2) is 0 Å². The van der Waals surface area contributed by atoms with Crippen molar-refractivity contribution in [3.63, 3.8) is 0 Å². The van der Waals surface area contributed by atoms with Gasteiger partial charge in [0.1, 0.15) is 0 Å². The molecule has 4 heteroatoms. The summed E-state index contributed by atoms with van der Waals surface area (Å²) >= 11 is 5.34. The highest BCUT2D eigenvalue weighted by Gasteiger charge is 2.22. The van der Waals surface area contributed by atoms with Crippen LogP contribution in [-0.4, -0.2) is 16.9 Å². The van der Waals surface area contributed by atoms with E-state index in [2.05, 4.69) is 28.2 Å². The number of carbonyl (C=O) groups excluding carboxylic acids is 1. The number of rotatable bonds is 3. The van der Waals surface area contributed by atoms with Gasteiger partial charge < -0.3 is 5.32 Å². The number of nitrogens with one attached hydrogen (secondary N) is 1. The van der Waals surface area contributed by atoms with Crippen LogP contribution in [0.25, 0.3) is 0 Å².